The van der Waals surface area contributed by atoms with E-state index in [1.54, 1.807) is 5.57 Å². The van der Waals surface area contributed by atoms with Crippen LogP contribution >= 0.6 is 0 Å². The third-order valence-electron chi connectivity index (χ3n) is 3.11. The van der Waals surface area contributed by atoms with Crippen molar-refractivity contribution in [3.63, 3.8) is 0 Å². The Morgan fingerprint density at radius 3 is 1.90 bits per heavy atom. The average Bonchev–Trinajstić information content (AvgIpc) is 2.39. The molecular weight excluding hydrogens is 120 g/mol. The van der Waals surface area contributed by atoms with Crippen LogP contribution < -0.4 is 0 Å². The second kappa shape index (κ2) is 2.41. The van der Waals surface area contributed by atoms with Gasteiger partial charge in [0.1, 0.15) is 0 Å². The zero-order valence-electron chi connectivity index (χ0n) is 6.60. The van der Waals surface area contributed by atoms with E-state index < -0.39 is 0 Å². The number of hydrogen-bond acceptors (Lipinski definition) is 0. The van der Waals surface area contributed by atoms with Gasteiger partial charge in [-0.1, -0.05) is 37.8 Å². The monoisotopic (exact) mass is 136 g/mol. The molecule has 2 rings (SSSR count). The number of fused-ring (bicyclic) bond motifs is 1. The molecule has 2 unspecified atom stereocenters. The summed E-state index contributed by atoms with van der Waals surface area (Å²) in [6.07, 6.45) is 8.75. The van der Waals surface area contributed by atoms with Crippen LogP contribution in [-0.2, 0) is 0 Å². The maximum absolute atomic E-state index is 4.09. The molecule has 0 saturated heterocycles. The van der Waals surface area contributed by atoms with Crippen molar-refractivity contribution in [2.24, 2.45) is 11.8 Å². The topological polar surface area (TPSA) is 0 Å². The van der Waals surface area contributed by atoms with Crippen molar-refractivity contribution < 1.29 is 0 Å². The van der Waals surface area contributed by atoms with Crippen molar-refractivity contribution in [2.75, 3.05) is 0 Å². The first-order chi connectivity index (χ1) is 4.89. The van der Waals surface area contributed by atoms with Gasteiger partial charge in [0.15, 0.2) is 0 Å². The fourth-order valence-electron chi connectivity index (χ4n) is 2.30. The predicted octanol–water partition coefficient (Wildman–Crippen LogP) is 3.14. The molecule has 0 N–H and O–H groups in total. The van der Waals surface area contributed by atoms with Gasteiger partial charge in [-0.2, -0.15) is 0 Å². The van der Waals surface area contributed by atoms with E-state index in [-0.39, 0.29) is 0 Å². The van der Waals surface area contributed by atoms with Crippen molar-refractivity contribution in [3.8, 4) is 0 Å². The largest absolute Gasteiger partial charge is 0.0993 e. The van der Waals surface area contributed by atoms with Gasteiger partial charge in [-0.25, -0.2) is 0 Å². The quantitative estimate of drug-likeness (QED) is 0.449. The molecule has 0 radical (unpaired) electrons. The molecule has 2 fully saturated rings. The van der Waals surface area contributed by atoms with Gasteiger partial charge in [0, 0.05) is 0 Å². The smallest absolute Gasteiger partial charge is 0.0137 e. The van der Waals surface area contributed by atoms with Crippen LogP contribution in [0.4, 0.5) is 0 Å². The van der Waals surface area contributed by atoms with Gasteiger partial charge < -0.3 is 0 Å². The minimum atomic E-state index is 0.959. The van der Waals surface area contributed by atoms with Crippen molar-refractivity contribution in [1.29, 1.82) is 0 Å². The zero-order valence-corrected chi connectivity index (χ0v) is 6.60. The molecule has 0 amide bonds. The molecule has 0 spiro atoms. The van der Waals surface area contributed by atoms with Crippen molar-refractivity contribution in [2.45, 2.75) is 38.5 Å². The SMILES string of the molecule is C=C1C2CCCCCCC12. The molecule has 2 atom stereocenters. The molecule has 0 bridgehead atoms. The Morgan fingerprint density at radius 1 is 0.900 bits per heavy atom. The maximum Gasteiger partial charge on any atom is -0.0137 e. The van der Waals surface area contributed by atoms with Crippen LogP contribution in [-0.4, -0.2) is 0 Å². The third-order valence-corrected chi connectivity index (χ3v) is 3.11. The summed E-state index contributed by atoms with van der Waals surface area (Å²) in [6, 6.07) is 0. The molecule has 0 heteroatoms. The van der Waals surface area contributed by atoms with Crippen LogP contribution in [0.3, 0.4) is 0 Å². The Kier molecular flexibility index (Phi) is 1.55. The van der Waals surface area contributed by atoms with Crippen LogP contribution in [0.25, 0.3) is 0 Å². The number of rotatable bonds is 0. The molecule has 2 aliphatic rings. The van der Waals surface area contributed by atoms with Gasteiger partial charge in [0.25, 0.3) is 0 Å². The highest BCUT2D eigenvalue weighted by Crippen LogP contribution is 2.51. The summed E-state index contributed by atoms with van der Waals surface area (Å²) in [5.41, 5.74) is 1.57. The predicted molar refractivity (Wildman–Crippen MR) is 43.8 cm³/mol. The second-order valence-electron chi connectivity index (χ2n) is 3.78. The molecule has 0 nitrogen and oxygen atoms in total. The highest BCUT2D eigenvalue weighted by atomic mass is 14.4. The summed E-state index contributed by atoms with van der Waals surface area (Å²) >= 11 is 0. The molecule has 56 valence electrons. The first-order valence-corrected chi connectivity index (χ1v) is 4.58. The Balaban J connectivity index is 1.92. The Hall–Kier alpha value is -0.260. The zero-order chi connectivity index (χ0) is 6.97. The average molecular weight is 136 g/mol. The van der Waals surface area contributed by atoms with Gasteiger partial charge >= 0.3 is 0 Å². The van der Waals surface area contributed by atoms with Crippen molar-refractivity contribution >= 4 is 0 Å². The van der Waals surface area contributed by atoms with Gasteiger partial charge in [0.05, 0.1) is 0 Å². The maximum atomic E-state index is 4.09. The van der Waals surface area contributed by atoms with Crippen LogP contribution in [0.15, 0.2) is 12.2 Å². The van der Waals surface area contributed by atoms with E-state index in [2.05, 4.69) is 6.58 Å². The Labute approximate surface area is 63.3 Å². The summed E-state index contributed by atoms with van der Waals surface area (Å²) in [5, 5.41) is 0. The fourth-order valence-corrected chi connectivity index (χ4v) is 2.30. The van der Waals surface area contributed by atoms with E-state index in [9.17, 15) is 0 Å². The Bertz CT molecular complexity index is 130. The molecule has 0 aromatic carbocycles. The van der Waals surface area contributed by atoms with Gasteiger partial charge in [0.2, 0.25) is 0 Å². The molecule has 2 saturated carbocycles. The van der Waals surface area contributed by atoms with Crippen LogP contribution in [0.2, 0.25) is 0 Å². The lowest BCUT2D eigenvalue weighted by atomic mass is 10.0. The summed E-state index contributed by atoms with van der Waals surface area (Å²) in [6.45, 7) is 4.09. The fraction of sp³-hybridized carbons (Fsp3) is 0.800. The summed E-state index contributed by atoms with van der Waals surface area (Å²) < 4.78 is 0. The molecule has 0 heterocycles. The summed E-state index contributed by atoms with van der Waals surface area (Å²) in [7, 11) is 0. The van der Waals surface area contributed by atoms with Gasteiger partial charge in [-0.05, 0) is 24.7 Å². The molecular formula is C10H16. The van der Waals surface area contributed by atoms with Crippen molar-refractivity contribution in [3.05, 3.63) is 12.2 Å². The van der Waals surface area contributed by atoms with Gasteiger partial charge in [-0.3, -0.25) is 0 Å². The lowest BCUT2D eigenvalue weighted by Gasteiger charge is -2.04. The van der Waals surface area contributed by atoms with E-state index in [4.69, 9.17) is 0 Å². The summed E-state index contributed by atoms with van der Waals surface area (Å²) in [5.74, 6) is 1.92. The number of hydrogen-bond donors (Lipinski definition) is 0. The second-order valence-corrected chi connectivity index (χ2v) is 3.78. The van der Waals surface area contributed by atoms with E-state index >= 15 is 0 Å². The highest BCUT2D eigenvalue weighted by molar-refractivity contribution is 5.25. The molecule has 0 aromatic rings. The van der Waals surface area contributed by atoms with Crippen LogP contribution in [0.1, 0.15) is 38.5 Å². The molecule has 10 heavy (non-hydrogen) atoms. The number of allylic oxidation sites excluding steroid dienone is 1. The lowest BCUT2D eigenvalue weighted by Crippen LogP contribution is -1.90. The van der Waals surface area contributed by atoms with E-state index in [1.807, 2.05) is 0 Å². The normalized spacial score (nSPS) is 39.8. The minimum absolute atomic E-state index is 0.959. The van der Waals surface area contributed by atoms with Crippen LogP contribution in [0, 0.1) is 11.8 Å². The Morgan fingerprint density at radius 2 is 1.40 bits per heavy atom. The van der Waals surface area contributed by atoms with Gasteiger partial charge in [-0.15, -0.1) is 0 Å². The summed E-state index contributed by atoms with van der Waals surface area (Å²) in [4.78, 5) is 0. The molecule has 0 aromatic heterocycles. The van der Waals surface area contributed by atoms with E-state index in [1.165, 1.54) is 38.5 Å². The third kappa shape index (κ3) is 1.00. The van der Waals surface area contributed by atoms with E-state index in [0.717, 1.165) is 11.8 Å². The standard InChI is InChI=1S/C10H16/c1-8-9-6-4-2-3-5-7-10(8)9/h9-10H,1-7H2. The lowest BCUT2D eigenvalue weighted by molar-refractivity contribution is 0.485. The molecule has 2 aliphatic carbocycles. The first-order valence-electron chi connectivity index (χ1n) is 4.58. The first kappa shape index (κ1) is 6.45. The van der Waals surface area contributed by atoms with E-state index in [0.29, 0.717) is 0 Å². The van der Waals surface area contributed by atoms with Crippen LogP contribution in [0.5, 0.6) is 0 Å². The van der Waals surface area contributed by atoms with Crippen molar-refractivity contribution in [1.82, 2.24) is 0 Å². The highest BCUT2D eigenvalue weighted by Gasteiger charge is 2.40. The minimum Gasteiger partial charge on any atom is -0.0993 e. The molecule has 0 aliphatic heterocycles.